The number of fused-ring (bicyclic) bond motifs is 1. The molecule has 0 saturated carbocycles. The van der Waals surface area contributed by atoms with Gasteiger partial charge in [-0.25, -0.2) is 0 Å². The zero-order valence-corrected chi connectivity index (χ0v) is 11.8. The molecule has 0 fully saturated rings. The van der Waals surface area contributed by atoms with E-state index in [-0.39, 0.29) is 11.5 Å². The summed E-state index contributed by atoms with van der Waals surface area (Å²) in [7, 11) is 0. The van der Waals surface area contributed by atoms with Crippen molar-refractivity contribution in [3.05, 3.63) is 58.1 Å². The van der Waals surface area contributed by atoms with Crippen LogP contribution in [0.15, 0.2) is 36.4 Å². The van der Waals surface area contributed by atoms with Gasteiger partial charge in [0.25, 0.3) is 0 Å². The molecule has 3 rings (SSSR count). The summed E-state index contributed by atoms with van der Waals surface area (Å²) in [4.78, 5) is 10.8. The molecular formula is C16H9ClF2O3. The molecule has 2 aromatic rings. The summed E-state index contributed by atoms with van der Waals surface area (Å²) < 4.78 is 34.6. The van der Waals surface area contributed by atoms with Gasteiger partial charge in [-0.05, 0) is 41.5 Å². The van der Waals surface area contributed by atoms with Crippen LogP contribution in [0.2, 0.25) is 5.02 Å². The molecule has 112 valence electrons. The van der Waals surface area contributed by atoms with Crippen molar-refractivity contribution in [2.45, 2.75) is 6.29 Å². The quantitative estimate of drug-likeness (QED) is 0.610. The van der Waals surface area contributed by atoms with E-state index in [0.717, 1.165) is 5.56 Å². The lowest BCUT2D eigenvalue weighted by molar-refractivity contribution is -0.286. The fourth-order valence-electron chi connectivity index (χ4n) is 2.06. The molecule has 2 aromatic carbocycles. The molecule has 0 atom stereocenters. The van der Waals surface area contributed by atoms with Gasteiger partial charge in [0, 0.05) is 10.6 Å². The third-order valence-corrected chi connectivity index (χ3v) is 3.19. The summed E-state index contributed by atoms with van der Waals surface area (Å²) >= 11 is 5.91. The number of carbonyl (C=O) groups is 1. The van der Waals surface area contributed by atoms with Crippen molar-refractivity contribution in [1.82, 2.24) is 0 Å². The zero-order chi connectivity index (χ0) is 15.7. The Kier molecular flexibility index (Phi) is 3.58. The first-order valence-corrected chi connectivity index (χ1v) is 6.67. The van der Waals surface area contributed by atoms with Gasteiger partial charge in [-0.2, -0.15) is 0 Å². The molecule has 3 nitrogen and oxygen atoms in total. The molecule has 0 amide bonds. The summed E-state index contributed by atoms with van der Waals surface area (Å²) in [5.74, 6) is -0.0278. The maximum absolute atomic E-state index is 12.9. The van der Waals surface area contributed by atoms with Crippen LogP contribution in [0.5, 0.6) is 11.5 Å². The number of alkyl halides is 2. The fourth-order valence-corrected chi connectivity index (χ4v) is 2.31. The summed E-state index contributed by atoms with van der Waals surface area (Å²) in [5.41, 5.74) is 1.82. The van der Waals surface area contributed by atoms with Crippen molar-refractivity contribution < 1.29 is 23.0 Å². The van der Waals surface area contributed by atoms with Crippen LogP contribution in [0.25, 0.3) is 12.2 Å². The Hall–Kier alpha value is -2.40. The number of hydrogen-bond acceptors (Lipinski definition) is 3. The lowest BCUT2D eigenvalue weighted by Crippen LogP contribution is -2.25. The van der Waals surface area contributed by atoms with E-state index in [1.165, 1.54) is 12.1 Å². The van der Waals surface area contributed by atoms with Gasteiger partial charge in [0.15, 0.2) is 11.5 Å². The molecule has 1 heterocycles. The summed E-state index contributed by atoms with van der Waals surface area (Å²) in [5, 5.41) is 0.439. The predicted molar refractivity (Wildman–Crippen MR) is 78.4 cm³/mol. The predicted octanol–water partition coefficient (Wildman–Crippen LogP) is 4.64. The average Bonchev–Trinajstić information content (AvgIpc) is 2.77. The van der Waals surface area contributed by atoms with E-state index < -0.39 is 6.29 Å². The molecule has 0 aliphatic carbocycles. The zero-order valence-electron chi connectivity index (χ0n) is 11.1. The minimum absolute atomic E-state index is 0.00635. The lowest BCUT2D eigenvalue weighted by atomic mass is 10.1. The standard InChI is InChI=1S/C16H9ClF2O3/c17-13-6-11(5-12(7-13)9-20)2-1-10-3-4-14-15(8-10)22-16(18,19)21-14/h1-9H/b2-1+. The van der Waals surface area contributed by atoms with Crippen LogP contribution in [0.1, 0.15) is 21.5 Å². The fraction of sp³-hybridized carbons (Fsp3) is 0.0625. The van der Waals surface area contributed by atoms with E-state index in [4.69, 9.17) is 11.6 Å². The van der Waals surface area contributed by atoms with Gasteiger partial charge < -0.3 is 9.47 Å². The molecule has 0 unspecified atom stereocenters. The smallest absolute Gasteiger partial charge is 0.395 e. The Morgan fingerprint density at radius 2 is 1.59 bits per heavy atom. The van der Waals surface area contributed by atoms with Gasteiger partial charge in [-0.1, -0.05) is 29.8 Å². The largest absolute Gasteiger partial charge is 0.586 e. The summed E-state index contributed by atoms with van der Waals surface area (Å²) in [6.07, 6.45) is 0.483. The van der Waals surface area contributed by atoms with E-state index in [9.17, 15) is 13.6 Å². The number of halogens is 3. The highest BCUT2D eigenvalue weighted by molar-refractivity contribution is 6.31. The van der Waals surface area contributed by atoms with Crippen LogP contribution in [-0.2, 0) is 0 Å². The molecule has 1 aliphatic rings. The molecule has 22 heavy (non-hydrogen) atoms. The Morgan fingerprint density at radius 3 is 2.36 bits per heavy atom. The van der Waals surface area contributed by atoms with Gasteiger partial charge in [-0.15, -0.1) is 8.78 Å². The number of rotatable bonds is 3. The first kappa shape index (κ1) is 14.5. The van der Waals surface area contributed by atoms with Crippen LogP contribution < -0.4 is 9.47 Å². The Bertz CT molecular complexity index is 772. The SMILES string of the molecule is O=Cc1cc(Cl)cc(/C=C/c2ccc3c(c2)OC(F)(F)O3)c1. The van der Waals surface area contributed by atoms with Crippen molar-refractivity contribution >= 4 is 30.0 Å². The molecule has 0 saturated heterocycles. The van der Waals surface area contributed by atoms with Crippen molar-refractivity contribution in [3.63, 3.8) is 0 Å². The molecule has 0 spiro atoms. The summed E-state index contributed by atoms with van der Waals surface area (Å²) in [6.45, 7) is 0. The normalized spacial score (nSPS) is 15.2. The lowest BCUT2D eigenvalue weighted by Gasteiger charge is -2.04. The van der Waals surface area contributed by atoms with E-state index in [1.54, 1.807) is 36.4 Å². The number of benzene rings is 2. The second-order valence-electron chi connectivity index (χ2n) is 4.64. The maximum atomic E-state index is 12.9. The molecule has 1 aliphatic heterocycles. The molecule has 0 bridgehead atoms. The number of carbonyl (C=O) groups excluding carboxylic acids is 1. The van der Waals surface area contributed by atoms with Gasteiger partial charge in [0.05, 0.1) is 0 Å². The molecule has 0 aromatic heterocycles. The second-order valence-corrected chi connectivity index (χ2v) is 5.08. The van der Waals surface area contributed by atoms with Crippen LogP contribution in [0.4, 0.5) is 8.78 Å². The minimum atomic E-state index is -3.63. The Morgan fingerprint density at radius 1 is 0.909 bits per heavy atom. The molecular weight excluding hydrogens is 314 g/mol. The van der Waals surface area contributed by atoms with Crippen molar-refractivity contribution in [2.24, 2.45) is 0 Å². The summed E-state index contributed by atoms with van der Waals surface area (Å²) in [6, 6.07) is 9.37. The van der Waals surface area contributed by atoms with Crippen molar-refractivity contribution in [2.75, 3.05) is 0 Å². The second kappa shape index (κ2) is 5.42. The minimum Gasteiger partial charge on any atom is -0.395 e. The molecule has 6 heteroatoms. The number of aldehydes is 1. The number of hydrogen-bond donors (Lipinski definition) is 0. The molecule has 0 radical (unpaired) electrons. The highest BCUT2D eigenvalue weighted by Crippen LogP contribution is 2.41. The first-order chi connectivity index (χ1) is 10.4. The van der Waals surface area contributed by atoms with E-state index in [0.29, 0.717) is 22.4 Å². The number of ether oxygens (including phenoxy) is 2. The molecule has 0 N–H and O–H groups in total. The highest BCUT2D eigenvalue weighted by atomic mass is 35.5. The van der Waals surface area contributed by atoms with E-state index in [1.807, 2.05) is 0 Å². The maximum Gasteiger partial charge on any atom is 0.586 e. The monoisotopic (exact) mass is 322 g/mol. The third kappa shape index (κ3) is 3.09. The topological polar surface area (TPSA) is 35.5 Å². The van der Waals surface area contributed by atoms with Gasteiger partial charge >= 0.3 is 6.29 Å². The Balaban J connectivity index is 1.85. The van der Waals surface area contributed by atoms with Crippen LogP contribution >= 0.6 is 11.6 Å². The van der Waals surface area contributed by atoms with Gasteiger partial charge in [0.1, 0.15) is 6.29 Å². The van der Waals surface area contributed by atoms with Crippen LogP contribution in [-0.4, -0.2) is 12.6 Å². The van der Waals surface area contributed by atoms with E-state index in [2.05, 4.69) is 9.47 Å². The van der Waals surface area contributed by atoms with Crippen molar-refractivity contribution in [1.29, 1.82) is 0 Å². The van der Waals surface area contributed by atoms with Gasteiger partial charge in [0.2, 0.25) is 0 Å². The van der Waals surface area contributed by atoms with Crippen LogP contribution in [0, 0.1) is 0 Å². The first-order valence-electron chi connectivity index (χ1n) is 6.29. The average molecular weight is 323 g/mol. The van der Waals surface area contributed by atoms with Gasteiger partial charge in [-0.3, -0.25) is 4.79 Å². The van der Waals surface area contributed by atoms with E-state index >= 15 is 0 Å². The third-order valence-electron chi connectivity index (χ3n) is 2.97. The van der Waals surface area contributed by atoms with Crippen LogP contribution in [0.3, 0.4) is 0 Å². The highest BCUT2D eigenvalue weighted by Gasteiger charge is 2.43. The Labute approximate surface area is 129 Å². The van der Waals surface area contributed by atoms with Crippen molar-refractivity contribution in [3.8, 4) is 11.5 Å².